The largest absolute Gasteiger partial charge is 0.340 e. The zero-order chi connectivity index (χ0) is 23.4. The smallest absolute Gasteiger partial charge is 0.257 e. The summed E-state index contributed by atoms with van der Waals surface area (Å²) >= 11 is 5.96. The summed E-state index contributed by atoms with van der Waals surface area (Å²) in [5, 5.41) is 9.25. The van der Waals surface area contributed by atoms with Crippen molar-refractivity contribution in [2.24, 2.45) is 0 Å². The number of nitrogens with one attached hydrogen (secondary N) is 3. The summed E-state index contributed by atoms with van der Waals surface area (Å²) in [5.41, 5.74) is 4.44. The lowest BCUT2D eigenvalue weighted by Gasteiger charge is -2.11. The van der Waals surface area contributed by atoms with Crippen LogP contribution in [0.15, 0.2) is 72.8 Å². The van der Waals surface area contributed by atoms with Crippen molar-refractivity contribution in [2.75, 3.05) is 16.0 Å². The van der Waals surface area contributed by atoms with E-state index in [1.54, 1.807) is 24.3 Å². The van der Waals surface area contributed by atoms with Crippen molar-refractivity contribution in [3.05, 3.63) is 100 Å². The maximum absolute atomic E-state index is 13.2. The van der Waals surface area contributed by atoms with Gasteiger partial charge in [0, 0.05) is 28.8 Å². The zero-order valence-electron chi connectivity index (χ0n) is 18.0. The Morgan fingerprint density at radius 3 is 2.15 bits per heavy atom. The molecule has 1 aromatic heterocycles. The van der Waals surface area contributed by atoms with Crippen LogP contribution in [-0.2, 0) is 0 Å². The van der Waals surface area contributed by atoms with Crippen LogP contribution in [0.2, 0.25) is 5.02 Å². The highest BCUT2D eigenvalue weighted by Crippen LogP contribution is 2.22. The molecule has 3 aromatic carbocycles. The van der Waals surface area contributed by atoms with Gasteiger partial charge < -0.3 is 16.0 Å². The zero-order valence-corrected chi connectivity index (χ0v) is 18.7. The van der Waals surface area contributed by atoms with Gasteiger partial charge in [-0.3, -0.25) is 4.79 Å². The molecule has 166 valence electrons. The third-order valence-electron chi connectivity index (χ3n) is 4.75. The number of anilines is 5. The highest BCUT2D eigenvalue weighted by atomic mass is 35.5. The predicted molar refractivity (Wildman–Crippen MR) is 130 cm³/mol. The van der Waals surface area contributed by atoms with E-state index in [-0.39, 0.29) is 10.6 Å². The van der Waals surface area contributed by atoms with Crippen molar-refractivity contribution in [1.29, 1.82) is 0 Å². The maximum Gasteiger partial charge on any atom is 0.257 e. The Kier molecular flexibility index (Phi) is 6.51. The first-order valence-electron chi connectivity index (χ1n) is 10.2. The Bertz CT molecular complexity index is 1290. The maximum atomic E-state index is 13.2. The van der Waals surface area contributed by atoms with Gasteiger partial charge in [0.05, 0.1) is 10.6 Å². The van der Waals surface area contributed by atoms with Crippen molar-refractivity contribution >= 4 is 46.3 Å². The first-order chi connectivity index (χ1) is 15.9. The summed E-state index contributed by atoms with van der Waals surface area (Å²) in [7, 11) is 0. The number of hydrogen-bond donors (Lipinski definition) is 3. The monoisotopic (exact) mass is 461 g/mol. The average molecular weight is 462 g/mol. The summed E-state index contributed by atoms with van der Waals surface area (Å²) in [5.74, 6) is 0.200. The minimum atomic E-state index is -0.498. The molecule has 0 saturated heterocycles. The highest BCUT2D eigenvalue weighted by Gasteiger charge is 2.11. The van der Waals surface area contributed by atoms with Gasteiger partial charge in [-0.25, -0.2) is 9.37 Å². The molecule has 8 heteroatoms. The second-order valence-electron chi connectivity index (χ2n) is 7.49. The first kappa shape index (κ1) is 22.2. The Hall–Kier alpha value is -3.97. The minimum Gasteiger partial charge on any atom is -0.340 e. The molecule has 1 heterocycles. The number of hydrogen-bond acceptors (Lipinski definition) is 5. The molecule has 0 aliphatic carbocycles. The molecule has 6 nitrogen and oxygen atoms in total. The van der Waals surface area contributed by atoms with Crippen LogP contribution in [0.1, 0.15) is 21.6 Å². The number of carbonyl (C=O) groups excluding carboxylic acids is 1. The average Bonchev–Trinajstić information content (AvgIpc) is 2.76. The molecule has 33 heavy (non-hydrogen) atoms. The fraction of sp³-hybridized carbons (Fsp3) is 0.0800. The lowest BCUT2D eigenvalue weighted by Crippen LogP contribution is -2.12. The number of aromatic nitrogens is 2. The van der Waals surface area contributed by atoms with E-state index in [1.807, 2.05) is 44.2 Å². The summed E-state index contributed by atoms with van der Waals surface area (Å²) in [6.45, 7) is 3.93. The highest BCUT2D eigenvalue weighted by molar-refractivity contribution is 6.34. The summed E-state index contributed by atoms with van der Waals surface area (Å²) in [6, 6.07) is 20.6. The third kappa shape index (κ3) is 5.84. The summed E-state index contributed by atoms with van der Waals surface area (Å²) in [6.07, 6.45) is 0. The quantitative estimate of drug-likeness (QED) is 0.300. The number of amides is 1. The summed E-state index contributed by atoms with van der Waals surface area (Å²) in [4.78, 5) is 21.4. The number of nitrogens with zero attached hydrogens (tertiary/aromatic N) is 2. The lowest BCUT2D eigenvalue weighted by molar-refractivity contribution is 0.102. The number of aryl methyl sites for hydroxylation is 2. The van der Waals surface area contributed by atoms with Gasteiger partial charge in [0.25, 0.3) is 5.91 Å². The number of benzene rings is 3. The molecular formula is C25H21ClFN5O. The van der Waals surface area contributed by atoms with Gasteiger partial charge in [0.15, 0.2) is 0 Å². The second-order valence-corrected chi connectivity index (χ2v) is 7.90. The number of carbonyl (C=O) groups is 1. The fourth-order valence-electron chi connectivity index (χ4n) is 3.11. The van der Waals surface area contributed by atoms with Gasteiger partial charge in [0.2, 0.25) is 5.95 Å². The second kappa shape index (κ2) is 9.67. The van der Waals surface area contributed by atoms with Gasteiger partial charge in [-0.2, -0.15) is 4.98 Å². The Morgan fingerprint density at radius 2 is 1.45 bits per heavy atom. The number of rotatable bonds is 6. The van der Waals surface area contributed by atoms with Crippen LogP contribution in [0.3, 0.4) is 0 Å². The summed E-state index contributed by atoms with van der Waals surface area (Å²) < 4.78 is 13.2. The van der Waals surface area contributed by atoms with Gasteiger partial charge in [0.1, 0.15) is 11.6 Å². The fourth-order valence-corrected chi connectivity index (χ4v) is 3.36. The molecule has 4 aromatic rings. The lowest BCUT2D eigenvalue weighted by atomic mass is 10.2. The number of halogens is 2. The van der Waals surface area contributed by atoms with Gasteiger partial charge in [-0.1, -0.05) is 29.3 Å². The van der Waals surface area contributed by atoms with E-state index in [0.717, 1.165) is 23.1 Å². The SMILES string of the molecule is Cc1ccc(Nc2cc(C)nc(Nc3ccc(NC(=O)c4ccc(F)cc4Cl)cc3)n2)cc1. The van der Waals surface area contributed by atoms with Crippen molar-refractivity contribution in [1.82, 2.24) is 9.97 Å². The Morgan fingerprint density at radius 1 is 0.818 bits per heavy atom. The van der Waals surface area contributed by atoms with Crippen molar-refractivity contribution in [3.63, 3.8) is 0 Å². The molecule has 0 aliphatic heterocycles. The van der Waals surface area contributed by atoms with E-state index in [1.165, 1.54) is 17.7 Å². The van der Waals surface area contributed by atoms with Crippen LogP contribution in [-0.4, -0.2) is 15.9 Å². The van der Waals surface area contributed by atoms with E-state index in [9.17, 15) is 9.18 Å². The van der Waals surface area contributed by atoms with Crippen LogP contribution >= 0.6 is 11.6 Å². The van der Waals surface area contributed by atoms with E-state index in [0.29, 0.717) is 17.5 Å². The topological polar surface area (TPSA) is 78.9 Å². The molecule has 0 fully saturated rings. The molecule has 0 spiro atoms. The van der Waals surface area contributed by atoms with Crippen LogP contribution in [0, 0.1) is 19.7 Å². The van der Waals surface area contributed by atoms with Gasteiger partial charge >= 0.3 is 0 Å². The predicted octanol–water partition coefficient (Wildman–Crippen LogP) is 6.63. The van der Waals surface area contributed by atoms with E-state index in [4.69, 9.17) is 11.6 Å². The Labute approximate surface area is 195 Å². The Balaban J connectivity index is 1.43. The van der Waals surface area contributed by atoms with Crippen molar-refractivity contribution in [2.45, 2.75) is 13.8 Å². The molecule has 0 radical (unpaired) electrons. The van der Waals surface area contributed by atoms with E-state index < -0.39 is 11.7 Å². The van der Waals surface area contributed by atoms with Crippen molar-refractivity contribution < 1.29 is 9.18 Å². The molecule has 0 atom stereocenters. The van der Waals surface area contributed by atoms with Crippen LogP contribution < -0.4 is 16.0 Å². The minimum absolute atomic E-state index is 0.0532. The molecule has 0 bridgehead atoms. The third-order valence-corrected chi connectivity index (χ3v) is 5.07. The molecular weight excluding hydrogens is 441 g/mol. The normalized spacial score (nSPS) is 10.5. The molecule has 0 aliphatic rings. The van der Waals surface area contributed by atoms with E-state index in [2.05, 4.69) is 25.9 Å². The molecule has 0 saturated carbocycles. The van der Waals surface area contributed by atoms with Gasteiger partial charge in [-0.15, -0.1) is 0 Å². The molecule has 0 unspecified atom stereocenters. The van der Waals surface area contributed by atoms with Gasteiger partial charge in [-0.05, 0) is 68.4 Å². The molecule has 1 amide bonds. The van der Waals surface area contributed by atoms with Crippen LogP contribution in [0.5, 0.6) is 0 Å². The molecule has 4 rings (SSSR count). The first-order valence-corrected chi connectivity index (χ1v) is 10.6. The van der Waals surface area contributed by atoms with Crippen LogP contribution in [0.25, 0.3) is 0 Å². The van der Waals surface area contributed by atoms with Crippen LogP contribution in [0.4, 0.5) is 33.2 Å². The van der Waals surface area contributed by atoms with E-state index >= 15 is 0 Å². The standard InChI is InChI=1S/C25H21ClFN5O/c1-15-3-6-18(7-4-15)29-23-13-16(2)28-25(32-23)31-20-10-8-19(9-11-20)30-24(33)21-12-5-17(27)14-22(21)26/h3-14H,1-2H3,(H,30,33)(H2,28,29,31,32). The van der Waals surface area contributed by atoms with Crippen molar-refractivity contribution in [3.8, 4) is 0 Å². The molecule has 3 N–H and O–H groups in total.